The first kappa shape index (κ1) is 10.7. The van der Waals surface area contributed by atoms with Crippen LogP contribution in [0.4, 0.5) is 0 Å². The van der Waals surface area contributed by atoms with Gasteiger partial charge >= 0.3 is 0 Å². The number of carbonyl (C=O) groups excluding carboxylic acids is 1. The zero-order valence-electron chi connectivity index (χ0n) is 8.02. The van der Waals surface area contributed by atoms with Gasteiger partial charge in [-0.1, -0.05) is 11.6 Å². The molecule has 2 rings (SSSR count). The van der Waals surface area contributed by atoms with E-state index in [0.717, 1.165) is 24.6 Å². The van der Waals surface area contributed by atoms with Gasteiger partial charge in [0.25, 0.3) is 5.91 Å². The number of nitrogens with zero attached hydrogens (tertiary/aromatic N) is 3. The molecule has 1 aliphatic rings. The van der Waals surface area contributed by atoms with Crippen LogP contribution in [0.15, 0.2) is 12.4 Å². The molecule has 2 heterocycles. The normalized spacial score (nSPS) is 16.5. The van der Waals surface area contributed by atoms with Crippen LogP contribution in [0.1, 0.15) is 10.5 Å². The molecule has 0 spiro atoms. The minimum atomic E-state index is -0.0560. The maximum Gasteiger partial charge on any atom is 0.274 e. The third kappa shape index (κ3) is 2.60. The second-order valence-electron chi connectivity index (χ2n) is 3.13. The Morgan fingerprint density at radius 3 is 2.67 bits per heavy atom. The highest BCUT2D eigenvalue weighted by atomic mass is 35.5. The van der Waals surface area contributed by atoms with Crippen molar-refractivity contribution in [1.82, 2.24) is 14.9 Å². The van der Waals surface area contributed by atoms with Crippen molar-refractivity contribution in [1.29, 1.82) is 0 Å². The molecule has 0 aliphatic carbocycles. The van der Waals surface area contributed by atoms with Crippen molar-refractivity contribution in [2.75, 3.05) is 24.6 Å². The van der Waals surface area contributed by atoms with Crippen LogP contribution in [0.2, 0.25) is 5.15 Å². The first-order valence-corrected chi connectivity index (χ1v) is 6.15. The van der Waals surface area contributed by atoms with E-state index in [1.165, 1.54) is 12.4 Å². The zero-order valence-corrected chi connectivity index (χ0v) is 9.59. The van der Waals surface area contributed by atoms with Gasteiger partial charge in [-0.25, -0.2) is 9.97 Å². The third-order valence-electron chi connectivity index (χ3n) is 2.14. The van der Waals surface area contributed by atoms with Crippen LogP contribution in [-0.4, -0.2) is 45.4 Å². The predicted molar refractivity (Wildman–Crippen MR) is 60.3 cm³/mol. The summed E-state index contributed by atoms with van der Waals surface area (Å²) in [5.41, 5.74) is 0.367. The summed E-state index contributed by atoms with van der Waals surface area (Å²) >= 11 is 7.46. The molecule has 1 saturated heterocycles. The Morgan fingerprint density at radius 1 is 1.33 bits per heavy atom. The van der Waals surface area contributed by atoms with Gasteiger partial charge in [0.05, 0.1) is 12.4 Å². The number of hydrogen-bond donors (Lipinski definition) is 0. The lowest BCUT2D eigenvalue weighted by Gasteiger charge is -2.25. The van der Waals surface area contributed by atoms with E-state index in [0.29, 0.717) is 10.8 Å². The van der Waals surface area contributed by atoms with Gasteiger partial charge in [0.15, 0.2) is 0 Å². The van der Waals surface area contributed by atoms with E-state index in [4.69, 9.17) is 11.6 Å². The molecule has 0 unspecified atom stereocenters. The largest absolute Gasteiger partial charge is 0.336 e. The number of hydrogen-bond acceptors (Lipinski definition) is 4. The van der Waals surface area contributed by atoms with Gasteiger partial charge < -0.3 is 4.90 Å². The van der Waals surface area contributed by atoms with Crippen LogP contribution in [0.25, 0.3) is 0 Å². The fraction of sp³-hybridized carbons (Fsp3) is 0.444. The lowest BCUT2D eigenvalue weighted by molar-refractivity contribution is 0.0766. The van der Waals surface area contributed by atoms with Crippen LogP contribution >= 0.6 is 23.4 Å². The van der Waals surface area contributed by atoms with Crippen molar-refractivity contribution in [3.63, 3.8) is 0 Å². The molecule has 1 aromatic heterocycles. The van der Waals surface area contributed by atoms with Crippen LogP contribution in [0.5, 0.6) is 0 Å². The van der Waals surface area contributed by atoms with Crippen LogP contribution in [-0.2, 0) is 0 Å². The van der Waals surface area contributed by atoms with E-state index >= 15 is 0 Å². The summed E-state index contributed by atoms with van der Waals surface area (Å²) in [6.45, 7) is 1.57. The quantitative estimate of drug-likeness (QED) is 0.746. The first-order chi connectivity index (χ1) is 7.27. The lowest BCUT2D eigenvalue weighted by Crippen LogP contribution is -2.38. The van der Waals surface area contributed by atoms with E-state index in [9.17, 15) is 4.79 Å². The minimum Gasteiger partial charge on any atom is -0.336 e. The molecule has 80 valence electrons. The van der Waals surface area contributed by atoms with Gasteiger partial charge in [0.2, 0.25) is 0 Å². The van der Waals surface area contributed by atoms with Crippen LogP contribution in [0, 0.1) is 0 Å². The summed E-state index contributed by atoms with van der Waals surface area (Å²) in [4.78, 5) is 21.5. The number of halogens is 1. The van der Waals surface area contributed by atoms with Crippen molar-refractivity contribution in [3.05, 3.63) is 23.2 Å². The topological polar surface area (TPSA) is 46.1 Å². The SMILES string of the molecule is O=C(c1cnc(Cl)cn1)N1CCSCC1. The van der Waals surface area contributed by atoms with Crippen molar-refractivity contribution >= 4 is 29.3 Å². The highest BCUT2D eigenvalue weighted by molar-refractivity contribution is 7.99. The summed E-state index contributed by atoms with van der Waals surface area (Å²) in [6, 6.07) is 0. The number of carbonyl (C=O) groups is 1. The smallest absolute Gasteiger partial charge is 0.274 e. The molecule has 0 N–H and O–H groups in total. The highest BCUT2D eigenvalue weighted by Crippen LogP contribution is 2.12. The van der Waals surface area contributed by atoms with Gasteiger partial charge in [0, 0.05) is 24.6 Å². The fourth-order valence-corrected chi connectivity index (χ4v) is 2.35. The summed E-state index contributed by atoms with van der Waals surface area (Å²) in [5.74, 6) is 1.93. The number of amides is 1. The van der Waals surface area contributed by atoms with Crippen molar-refractivity contribution < 1.29 is 4.79 Å². The summed E-state index contributed by atoms with van der Waals surface area (Å²) in [6.07, 6.45) is 2.82. The Hall–Kier alpha value is -0.810. The lowest BCUT2D eigenvalue weighted by atomic mass is 10.3. The van der Waals surface area contributed by atoms with Gasteiger partial charge in [-0.3, -0.25) is 4.79 Å². The molecule has 15 heavy (non-hydrogen) atoms. The second kappa shape index (κ2) is 4.81. The number of rotatable bonds is 1. The molecule has 0 aromatic carbocycles. The predicted octanol–water partition coefficient (Wildman–Crippen LogP) is 1.32. The summed E-state index contributed by atoms with van der Waals surface area (Å²) in [5, 5.41) is 0.306. The first-order valence-electron chi connectivity index (χ1n) is 4.62. The van der Waals surface area contributed by atoms with E-state index in [1.807, 2.05) is 11.8 Å². The molecule has 0 bridgehead atoms. The second-order valence-corrected chi connectivity index (χ2v) is 4.74. The molecule has 6 heteroatoms. The molecular formula is C9H10ClN3OS. The Morgan fingerprint density at radius 2 is 2.07 bits per heavy atom. The fourth-order valence-electron chi connectivity index (χ4n) is 1.35. The van der Waals surface area contributed by atoms with Gasteiger partial charge in [0.1, 0.15) is 10.8 Å². The van der Waals surface area contributed by atoms with Gasteiger partial charge in [-0.2, -0.15) is 11.8 Å². The maximum absolute atomic E-state index is 11.9. The van der Waals surface area contributed by atoms with E-state index in [2.05, 4.69) is 9.97 Å². The average molecular weight is 244 g/mol. The zero-order chi connectivity index (χ0) is 10.7. The Kier molecular flexibility index (Phi) is 3.43. The molecule has 0 saturated carbocycles. The van der Waals surface area contributed by atoms with E-state index in [-0.39, 0.29) is 5.91 Å². The van der Waals surface area contributed by atoms with Crippen LogP contribution < -0.4 is 0 Å². The Balaban J connectivity index is 2.09. The Bertz CT molecular complexity index is 351. The van der Waals surface area contributed by atoms with Crippen LogP contribution in [0.3, 0.4) is 0 Å². The van der Waals surface area contributed by atoms with E-state index < -0.39 is 0 Å². The van der Waals surface area contributed by atoms with Crippen molar-refractivity contribution in [2.45, 2.75) is 0 Å². The molecule has 1 amide bonds. The summed E-state index contributed by atoms with van der Waals surface area (Å²) < 4.78 is 0. The van der Waals surface area contributed by atoms with Crippen molar-refractivity contribution in [2.24, 2.45) is 0 Å². The molecule has 1 fully saturated rings. The summed E-state index contributed by atoms with van der Waals surface area (Å²) in [7, 11) is 0. The standard InChI is InChI=1S/C9H10ClN3OS/c10-8-6-11-7(5-12-8)9(14)13-1-3-15-4-2-13/h5-6H,1-4H2. The van der Waals surface area contributed by atoms with Crippen molar-refractivity contribution in [3.8, 4) is 0 Å². The van der Waals surface area contributed by atoms with E-state index in [1.54, 1.807) is 4.90 Å². The van der Waals surface area contributed by atoms with Gasteiger partial charge in [-0.15, -0.1) is 0 Å². The molecular weight excluding hydrogens is 234 g/mol. The number of aromatic nitrogens is 2. The monoisotopic (exact) mass is 243 g/mol. The Labute approximate surface area is 97.0 Å². The number of thioether (sulfide) groups is 1. The highest BCUT2D eigenvalue weighted by Gasteiger charge is 2.19. The minimum absolute atomic E-state index is 0.0560. The third-order valence-corrected chi connectivity index (χ3v) is 3.28. The molecule has 1 aliphatic heterocycles. The molecule has 0 atom stereocenters. The molecule has 0 radical (unpaired) electrons. The molecule has 1 aromatic rings. The maximum atomic E-state index is 11.9. The van der Waals surface area contributed by atoms with Gasteiger partial charge in [-0.05, 0) is 0 Å². The molecule has 4 nitrogen and oxygen atoms in total. The average Bonchev–Trinajstić information content (AvgIpc) is 2.30.